The Labute approximate surface area is 127 Å². The van der Waals surface area contributed by atoms with Gasteiger partial charge in [-0.05, 0) is 31.0 Å². The molecule has 116 valence electrons. The fourth-order valence-electron chi connectivity index (χ4n) is 2.95. The summed E-state index contributed by atoms with van der Waals surface area (Å²) in [6.45, 7) is 0. The molecular weight excluding hydrogens is 284 g/mol. The maximum absolute atomic E-state index is 12.0. The van der Waals surface area contributed by atoms with E-state index in [-0.39, 0.29) is 23.2 Å². The zero-order valence-corrected chi connectivity index (χ0v) is 12.1. The molecule has 0 amide bonds. The van der Waals surface area contributed by atoms with Gasteiger partial charge in [-0.2, -0.15) is 0 Å². The van der Waals surface area contributed by atoms with E-state index in [0.717, 1.165) is 25.7 Å². The van der Waals surface area contributed by atoms with Gasteiger partial charge in [0.2, 0.25) is 11.2 Å². The van der Waals surface area contributed by atoms with Gasteiger partial charge in [0, 0.05) is 17.5 Å². The highest BCUT2D eigenvalue weighted by atomic mass is 16.4. The zero-order chi connectivity index (χ0) is 15.7. The quantitative estimate of drug-likeness (QED) is 0.739. The van der Waals surface area contributed by atoms with Gasteiger partial charge in [-0.25, -0.2) is 0 Å². The highest BCUT2D eigenvalue weighted by Gasteiger charge is 2.22. The number of aromatic hydroxyl groups is 3. The summed E-state index contributed by atoms with van der Waals surface area (Å²) in [7, 11) is 0. The number of phenolic OH excluding ortho intramolecular Hbond substituents is 2. The van der Waals surface area contributed by atoms with Gasteiger partial charge >= 0.3 is 0 Å². The van der Waals surface area contributed by atoms with E-state index >= 15 is 0 Å². The van der Waals surface area contributed by atoms with E-state index in [4.69, 9.17) is 4.42 Å². The first-order chi connectivity index (χ1) is 10.6. The van der Waals surface area contributed by atoms with Crippen LogP contribution < -0.4 is 5.43 Å². The minimum absolute atomic E-state index is 0.0309. The second-order valence-corrected chi connectivity index (χ2v) is 5.73. The minimum atomic E-state index is -0.491. The van der Waals surface area contributed by atoms with Gasteiger partial charge in [0.05, 0.1) is 0 Å². The predicted molar refractivity (Wildman–Crippen MR) is 81.2 cm³/mol. The molecule has 3 N–H and O–H groups in total. The van der Waals surface area contributed by atoms with Crippen molar-refractivity contribution in [3.63, 3.8) is 0 Å². The molecule has 0 unspecified atom stereocenters. The standard InChI is InChI=1S/C17H18O5/c18-12-7-6-11(8-13(12)19)17-16(21)14(20)9-15(22-17)10-4-2-1-3-5-10/h6-10,18-19,21H,1-5H2. The number of hydrogen-bond acceptors (Lipinski definition) is 5. The Morgan fingerprint density at radius 3 is 2.36 bits per heavy atom. The van der Waals surface area contributed by atoms with Crippen LogP contribution in [0, 0.1) is 0 Å². The molecular formula is C17H18O5. The lowest BCUT2D eigenvalue weighted by atomic mass is 9.87. The molecule has 0 atom stereocenters. The van der Waals surface area contributed by atoms with E-state index < -0.39 is 11.2 Å². The molecule has 5 nitrogen and oxygen atoms in total. The van der Waals surface area contributed by atoms with Gasteiger partial charge in [0.1, 0.15) is 5.76 Å². The minimum Gasteiger partial charge on any atom is -0.504 e. The van der Waals surface area contributed by atoms with Crippen molar-refractivity contribution in [2.24, 2.45) is 0 Å². The van der Waals surface area contributed by atoms with Gasteiger partial charge < -0.3 is 19.7 Å². The van der Waals surface area contributed by atoms with Crippen LogP contribution in [-0.2, 0) is 0 Å². The summed E-state index contributed by atoms with van der Waals surface area (Å²) in [5, 5.41) is 28.9. The van der Waals surface area contributed by atoms with Gasteiger partial charge in [-0.3, -0.25) is 4.79 Å². The lowest BCUT2D eigenvalue weighted by molar-refractivity contribution is 0.358. The topological polar surface area (TPSA) is 90.9 Å². The monoisotopic (exact) mass is 302 g/mol. The number of benzene rings is 1. The van der Waals surface area contributed by atoms with Crippen LogP contribution in [0.3, 0.4) is 0 Å². The van der Waals surface area contributed by atoms with Crippen molar-refractivity contribution in [1.82, 2.24) is 0 Å². The summed E-state index contributed by atoms with van der Waals surface area (Å²) in [5.41, 5.74) is -0.142. The van der Waals surface area contributed by atoms with E-state index in [1.54, 1.807) is 0 Å². The molecule has 2 aromatic rings. The van der Waals surface area contributed by atoms with Crippen molar-refractivity contribution < 1.29 is 19.7 Å². The van der Waals surface area contributed by atoms with E-state index in [1.165, 1.54) is 30.7 Å². The van der Waals surface area contributed by atoms with Crippen LogP contribution in [0.1, 0.15) is 43.8 Å². The molecule has 1 fully saturated rings. The van der Waals surface area contributed by atoms with E-state index in [2.05, 4.69) is 0 Å². The van der Waals surface area contributed by atoms with Crippen molar-refractivity contribution >= 4 is 0 Å². The second kappa shape index (κ2) is 5.75. The lowest BCUT2D eigenvalue weighted by Crippen LogP contribution is -2.09. The van der Waals surface area contributed by atoms with Crippen LogP contribution in [0.15, 0.2) is 33.5 Å². The summed E-state index contributed by atoms with van der Waals surface area (Å²) in [4.78, 5) is 12.0. The SMILES string of the molecule is O=c1cc(C2CCCCC2)oc(-c2ccc(O)c(O)c2)c1O. The molecule has 5 heteroatoms. The molecule has 1 aromatic heterocycles. The average Bonchev–Trinajstić information content (AvgIpc) is 2.53. The fraction of sp³-hybridized carbons (Fsp3) is 0.353. The van der Waals surface area contributed by atoms with Crippen LogP contribution in [0.2, 0.25) is 0 Å². The van der Waals surface area contributed by atoms with Crippen molar-refractivity contribution in [3.05, 3.63) is 40.2 Å². The largest absolute Gasteiger partial charge is 0.504 e. The smallest absolute Gasteiger partial charge is 0.227 e. The molecule has 0 radical (unpaired) electrons. The Kier molecular flexibility index (Phi) is 3.79. The molecule has 1 aromatic carbocycles. The van der Waals surface area contributed by atoms with E-state index in [9.17, 15) is 20.1 Å². The molecule has 0 spiro atoms. The van der Waals surface area contributed by atoms with Crippen LogP contribution >= 0.6 is 0 Å². The Morgan fingerprint density at radius 1 is 0.955 bits per heavy atom. The molecule has 1 heterocycles. The van der Waals surface area contributed by atoms with Crippen LogP contribution in [-0.4, -0.2) is 15.3 Å². The van der Waals surface area contributed by atoms with Crippen LogP contribution in [0.4, 0.5) is 0 Å². The van der Waals surface area contributed by atoms with E-state index in [1.807, 2.05) is 0 Å². The maximum Gasteiger partial charge on any atom is 0.227 e. The Balaban J connectivity index is 2.08. The van der Waals surface area contributed by atoms with Gasteiger partial charge in [-0.1, -0.05) is 19.3 Å². The van der Waals surface area contributed by atoms with Gasteiger partial charge in [0.25, 0.3) is 0 Å². The highest BCUT2D eigenvalue weighted by molar-refractivity contribution is 5.67. The summed E-state index contributed by atoms with van der Waals surface area (Å²) in [6.07, 6.45) is 5.33. The van der Waals surface area contributed by atoms with Crippen LogP contribution in [0.5, 0.6) is 17.2 Å². The molecule has 3 rings (SSSR count). The summed E-state index contributed by atoms with van der Waals surface area (Å²) < 4.78 is 5.77. The molecule has 1 aliphatic carbocycles. The Morgan fingerprint density at radius 2 is 1.68 bits per heavy atom. The molecule has 0 aliphatic heterocycles. The normalized spacial score (nSPS) is 15.8. The third kappa shape index (κ3) is 2.66. The summed E-state index contributed by atoms with van der Waals surface area (Å²) >= 11 is 0. The first-order valence-corrected chi connectivity index (χ1v) is 7.45. The summed E-state index contributed by atoms with van der Waals surface area (Å²) in [5.74, 6) is -0.291. The Bertz CT molecular complexity index is 741. The number of phenols is 2. The molecule has 1 aliphatic rings. The van der Waals surface area contributed by atoms with Crippen LogP contribution in [0.25, 0.3) is 11.3 Å². The van der Waals surface area contributed by atoms with Crippen molar-refractivity contribution in [1.29, 1.82) is 0 Å². The Hall–Kier alpha value is -2.43. The zero-order valence-electron chi connectivity index (χ0n) is 12.1. The van der Waals surface area contributed by atoms with Crippen molar-refractivity contribution in [3.8, 4) is 28.6 Å². The third-order valence-corrected chi connectivity index (χ3v) is 4.19. The number of rotatable bonds is 2. The molecule has 0 bridgehead atoms. The highest BCUT2D eigenvalue weighted by Crippen LogP contribution is 2.37. The molecule has 22 heavy (non-hydrogen) atoms. The van der Waals surface area contributed by atoms with Gasteiger partial charge in [-0.15, -0.1) is 0 Å². The van der Waals surface area contributed by atoms with Gasteiger partial charge in [0.15, 0.2) is 17.3 Å². The first-order valence-electron chi connectivity index (χ1n) is 7.45. The fourth-order valence-corrected chi connectivity index (χ4v) is 2.95. The summed E-state index contributed by atoms with van der Waals surface area (Å²) in [6, 6.07) is 5.39. The van der Waals surface area contributed by atoms with E-state index in [0.29, 0.717) is 11.3 Å². The lowest BCUT2D eigenvalue weighted by Gasteiger charge is -2.21. The van der Waals surface area contributed by atoms with Crippen molar-refractivity contribution in [2.45, 2.75) is 38.0 Å². The van der Waals surface area contributed by atoms with Crippen molar-refractivity contribution in [2.75, 3.05) is 0 Å². The average molecular weight is 302 g/mol. The first kappa shape index (κ1) is 14.5. The molecule has 0 saturated heterocycles. The second-order valence-electron chi connectivity index (χ2n) is 5.73. The maximum atomic E-state index is 12.0. The molecule has 1 saturated carbocycles. The third-order valence-electron chi connectivity index (χ3n) is 4.19. The predicted octanol–water partition coefficient (Wildman–Crippen LogP) is 3.47. The number of hydrogen-bond donors (Lipinski definition) is 3.